The molecule has 0 atom stereocenters. The molecule has 0 saturated heterocycles. The van der Waals surface area contributed by atoms with Crippen LogP contribution >= 0.6 is 12.2 Å². The quantitative estimate of drug-likeness (QED) is 0.749. The third-order valence-electron chi connectivity index (χ3n) is 2.25. The third-order valence-corrected chi connectivity index (χ3v) is 2.35. The molecule has 3 heteroatoms. The first-order valence-corrected chi connectivity index (χ1v) is 5.27. The predicted octanol–water partition coefficient (Wildman–Crippen LogP) is 2.47. The predicted molar refractivity (Wildman–Crippen MR) is 65.6 cm³/mol. The lowest BCUT2D eigenvalue weighted by Crippen LogP contribution is -2.20. The van der Waals surface area contributed by atoms with Crippen molar-refractivity contribution in [3.63, 3.8) is 0 Å². The maximum atomic E-state index is 5.49. The standard InChI is InChI=1S/C11H16N2S/c1-3-8-6-5-7-9(4-2)10(8)13-11(12)14/h5-7H,3-4H2,1-2H3,(H3,12,13,14). The fourth-order valence-corrected chi connectivity index (χ4v) is 1.63. The van der Waals surface area contributed by atoms with E-state index in [1.807, 2.05) is 0 Å². The number of rotatable bonds is 3. The van der Waals surface area contributed by atoms with Crippen LogP contribution in [0.15, 0.2) is 18.2 Å². The Balaban J connectivity index is 3.12. The van der Waals surface area contributed by atoms with Crippen LogP contribution in [-0.2, 0) is 12.8 Å². The Hall–Kier alpha value is -1.09. The second-order valence-corrected chi connectivity index (χ2v) is 3.59. The van der Waals surface area contributed by atoms with Gasteiger partial charge < -0.3 is 11.1 Å². The van der Waals surface area contributed by atoms with Gasteiger partial charge in [-0.2, -0.15) is 0 Å². The summed E-state index contributed by atoms with van der Waals surface area (Å²) in [7, 11) is 0. The summed E-state index contributed by atoms with van der Waals surface area (Å²) in [4.78, 5) is 0. The van der Waals surface area contributed by atoms with Crippen LogP contribution in [0, 0.1) is 0 Å². The van der Waals surface area contributed by atoms with E-state index < -0.39 is 0 Å². The van der Waals surface area contributed by atoms with Gasteiger partial charge in [0.05, 0.1) is 0 Å². The summed E-state index contributed by atoms with van der Waals surface area (Å²) in [5.41, 5.74) is 9.10. The Labute approximate surface area is 90.5 Å². The number of benzene rings is 1. The van der Waals surface area contributed by atoms with E-state index in [1.54, 1.807) is 0 Å². The van der Waals surface area contributed by atoms with Crippen molar-refractivity contribution in [2.75, 3.05) is 5.32 Å². The highest BCUT2D eigenvalue weighted by atomic mass is 32.1. The summed E-state index contributed by atoms with van der Waals surface area (Å²) in [5.74, 6) is 0. The molecule has 0 spiro atoms. The monoisotopic (exact) mass is 208 g/mol. The molecule has 0 radical (unpaired) electrons. The van der Waals surface area contributed by atoms with Crippen molar-refractivity contribution in [2.24, 2.45) is 5.73 Å². The van der Waals surface area contributed by atoms with E-state index in [1.165, 1.54) is 11.1 Å². The minimum absolute atomic E-state index is 0.334. The van der Waals surface area contributed by atoms with Gasteiger partial charge >= 0.3 is 0 Å². The van der Waals surface area contributed by atoms with E-state index in [9.17, 15) is 0 Å². The van der Waals surface area contributed by atoms with Crippen molar-refractivity contribution in [2.45, 2.75) is 26.7 Å². The number of para-hydroxylation sites is 1. The van der Waals surface area contributed by atoms with Crippen molar-refractivity contribution >= 4 is 23.0 Å². The molecule has 0 saturated carbocycles. The van der Waals surface area contributed by atoms with E-state index in [0.717, 1.165) is 18.5 Å². The van der Waals surface area contributed by atoms with Crippen molar-refractivity contribution in [1.29, 1.82) is 0 Å². The smallest absolute Gasteiger partial charge is 0.168 e. The SMILES string of the molecule is CCc1cccc(CC)c1NC(N)=S. The summed E-state index contributed by atoms with van der Waals surface area (Å²) in [6.45, 7) is 4.25. The van der Waals surface area contributed by atoms with Crippen LogP contribution in [0.5, 0.6) is 0 Å². The van der Waals surface area contributed by atoms with E-state index in [4.69, 9.17) is 18.0 Å². The molecule has 0 fully saturated rings. The maximum Gasteiger partial charge on any atom is 0.168 e. The zero-order valence-corrected chi connectivity index (χ0v) is 9.45. The van der Waals surface area contributed by atoms with Crippen LogP contribution < -0.4 is 11.1 Å². The highest BCUT2D eigenvalue weighted by molar-refractivity contribution is 7.80. The molecule has 0 aromatic heterocycles. The van der Waals surface area contributed by atoms with Gasteiger partial charge in [0.1, 0.15) is 0 Å². The number of thiocarbonyl (C=S) groups is 1. The molecule has 0 heterocycles. The van der Waals surface area contributed by atoms with Gasteiger partial charge in [0.25, 0.3) is 0 Å². The second kappa shape index (κ2) is 4.96. The van der Waals surface area contributed by atoms with Crippen LogP contribution in [0.25, 0.3) is 0 Å². The van der Waals surface area contributed by atoms with Crippen molar-refractivity contribution in [1.82, 2.24) is 0 Å². The first kappa shape index (κ1) is 11.0. The first-order chi connectivity index (χ1) is 6.69. The molecule has 1 aromatic rings. The van der Waals surface area contributed by atoms with Gasteiger partial charge in [-0.15, -0.1) is 0 Å². The minimum Gasteiger partial charge on any atom is -0.376 e. The third kappa shape index (κ3) is 2.45. The van der Waals surface area contributed by atoms with Gasteiger partial charge in [0.15, 0.2) is 5.11 Å². The van der Waals surface area contributed by atoms with Crippen LogP contribution in [0.1, 0.15) is 25.0 Å². The molecular formula is C11H16N2S. The molecule has 0 unspecified atom stereocenters. The van der Waals surface area contributed by atoms with E-state index >= 15 is 0 Å². The Morgan fingerprint density at radius 2 is 1.79 bits per heavy atom. The summed E-state index contributed by atoms with van der Waals surface area (Å²) in [5, 5.41) is 3.39. The number of anilines is 1. The minimum atomic E-state index is 0.334. The summed E-state index contributed by atoms with van der Waals surface area (Å²) >= 11 is 4.86. The highest BCUT2D eigenvalue weighted by Crippen LogP contribution is 2.22. The van der Waals surface area contributed by atoms with Crippen molar-refractivity contribution < 1.29 is 0 Å². The number of aryl methyl sites for hydroxylation is 2. The van der Waals surface area contributed by atoms with Crippen LogP contribution in [0.3, 0.4) is 0 Å². The zero-order chi connectivity index (χ0) is 10.6. The molecule has 0 aliphatic rings. The number of hydrogen-bond donors (Lipinski definition) is 2. The molecule has 1 aromatic carbocycles. The summed E-state index contributed by atoms with van der Waals surface area (Å²) < 4.78 is 0. The van der Waals surface area contributed by atoms with E-state index in [-0.39, 0.29) is 0 Å². The molecule has 0 aliphatic heterocycles. The number of nitrogens with one attached hydrogen (secondary N) is 1. The van der Waals surface area contributed by atoms with Gasteiger partial charge in [-0.3, -0.25) is 0 Å². The lowest BCUT2D eigenvalue weighted by molar-refractivity contribution is 1.09. The number of hydrogen-bond acceptors (Lipinski definition) is 1. The van der Waals surface area contributed by atoms with Crippen LogP contribution in [0.4, 0.5) is 5.69 Å². The average Bonchev–Trinajstić information content (AvgIpc) is 2.17. The Morgan fingerprint density at radius 3 is 2.14 bits per heavy atom. The average molecular weight is 208 g/mol. The summed E-state index contributed by atoms with van der Waals surface area (Å²) in [6, 6.07) is 6.27. The molecular weight excluding hydrogens is 192 g/mol. The second-order valence-electron chi connectivity index (χ2n) is 3.15. The maximum absolute atomic E-state index is 5.49. The Kier molecular flexibility index (Phi) is 3.89. The largest absolute Gasteiger partial charge is 0.376 e. The molecule has 0 amide bonds. The molecule has 76 valence electrons. The van der Waals surface area contributed by atoms with Crippen LogP contribution in [0.2, 0.25) is 0 Å². The highest BCUT2D eigenvalue weighted by Gasteiger charge is 2.05. The molecule has 1 rings (SSSR count). The lowest BCUT2D eigenvalue weighted by Gasteiger charge is -2.13. The fourth-order valence-electron chi connectivity index (χ4n) is 1.53. The molecule has 3 N–H and O–H groups in total. The van der Waals surface area contributed by atoms with Gasteiger partial charge in [0, 0.05) is 5.69 Å². The number of nitrogens with two attached hydrogens (primary N) is 1. The van der Waals surface area contributed by atoms with E-state index in [2.05, 4.69) is 37.4 Å². The molecule has 14 heavy (non-hydrogen) atoms. The Bertz CT molecular complexity index is 312. The lowest BCUT2D eigenvalue weighted by atomic mass is 10.0. The van der Waals surface area contributed by atoms with Crippen LogP contribution in [-0.4, -0.2) is 5.11 Å². The first-order valence-electron chi connectivity index (χ1n) is 4.86. The van der Waals surface area contributed by atoms with Gasteiger partial charge in [0.2, 0.25) is 0 Å². The van der Waals surface area contributed by atoms with E-state index in [0.29, 0.717) is 5.11 Å². The fraction of sp³-hybridized carbons (Fsp3) is 0.364. The molecule has 2 nitrogen and oxygen atoms in total. The van der Waals surface area contributed by atoms with Crippen molar-refractivity contribution in [3.8, 4) is 0 Å². The Morgan fingerprint density at radius 1 is 1.29 bits per heavy atom. The molecule has 0 bridgehead atoms. The van der Waals surface area contributed by atoms with Crippen molar-refractivity contribution in [3.05, 3.63) is 29.3 Å². The van der Waals surface area contributed by atoms with Gasteiger partial charge in [-0.25, -0.2) is 0 Å². The normalized spacial score (nSPS) is 9.86. The van der Waals surface area contributed by atoms with Gasteiger partial charge in [-0.05, 0) is 36.2 Å². The van der Waals surface area contributed by atoms with Gasteiger partial charge in [-0.1, -0.05) is 32.0 Å². The zero-order valence-electron chi connectivity index (χ0n) is 8.63. The summed E-state index contributed by atoms with van der Waals surface area (Å²) in [6.07, 6.45) is 1.97. The molecule has 0 aliphatic carbocycles. The topological polar surface area (TPSA) is 38.0 Å².